The summed E-state index contributed by atoms with van der Waals surface area (Å²) in [7, 11) is 0. The van der Waals surface area contributed by atoms with Crippen LogP contribution in [0.2, 0.25) is 10.0 Å². The van der Waals surface area contributed by atoms with Crippen LogP contribution >= 0.6 is 23.2 Å². The van der Waals surface area contributed by atoms with Gasteiger partial charge in [0.05, 0.1) is 16.6 Å². The fraction of sp³-hybridized carbons (Fsp3) is 0.312. The number of halogens is 2. The number of rotatable bonds is 8. The van der Waals surface area contributed by atoms with E-state index in [2.05, 4.69) is 38.5 Å². The van der Waals surface area contributed by atoms with Crippen LogP contribution in [0.4, 0.5) is 11.9 Å². The summed E-state index contributed by atoms with van der Waals surface area (Å²) in [6.45, 7) is 3.88. The van der Waals surface area contributed by atoms with Crippen molar-refractivity contribution in [1.82, 2.24) is 20.0 Å². The van der Waals surface area contributed by atoms with Crippen molar-refractivity contribution < 1.29 is 0 Å². The summed E-state index contributed by atoms with van der Waals surface area (Å²) < 4.78 is 0. The fourth-order valence-electron chi connectivity index (χ4n) is 2.01. The number of benzene rings is 1. The average Bonchev–Trinajstić information content (AvgIpc) is 2.57. The van der Waals surface area contributed by atoms with Gasteiger partial charge in [0.15, 0.2) is 0 Å². The van der Waals surface area contributed by atoms with E-state index in [1.54, 1.807) is 6.07 Å². The van der Waals surface area contributed by atoms with Gasteiger partial charge in [0.25, 0.3) is 0 Å². The number of terminal acetylenes is 1. The Morgan fingerprint density at radius 2 is 2.00 bits per heavy atom. The van der Waals surface area contributed by atoms with Crippen molar-refractivity contribution in [2.75, 3.05) is 23.8 Å². The topological polar surface area (TPSA) is 66.0 Å². The summed E-state index contributed by atoms with van der Waals surface area (Å²) in [6.07, 6.45) is 7.60. The van der Waals surface area contributed by atoms with Crippen LogP contribution in [-0.4, -0.2) is 33.1 Å². The van der Waals surface area contributed by atoms with Crippen LogP contribution in [0.1, 0.15) is 18.9 Å². The van der Waals surface area contributed by atoms with Crippen LogP contribution in [0.5, 0.6) is 0 Å². The molecule has 0 spiro atoms. The van der Waals surface area contributed by atoms with Gasteiger partial charge in [0.1, 0.15) is 6.33 Å². The molecule has 0 bridgehead atoms. The van der Waals surface area contributed by atoms with Crippen molar-refractivity contribution in [1.29, 1.82) is 0 Å². The first-order chi connectivity index (χ1) is 11.6. The zero-order valence-corrected chi connectivity index (χ0v) is 14.8. The van der Waals surface area contributed by atoms with Crippen LogP contribution in [0.15, 0.2) is 24.5 Å². The maximum Gasteiger partial charge on any atom is 0.242 e. The number of hydrazine groups is 1. The Morgan fingerprint density at radius 3 is 2.71 bits per heavy atom. The summed E-state index contributed by atoms with van der Waals surface area (Å²) in [5, 5.41) is 5.99. The second-order valence-corrected chi connectivity index (χ2v) is 5.79. The lowest BCUT2D eigenvalue weighted by Crippen LogP contribution is -2.31. The van der Waals surface area contributed by atoms with Gasteiger partial charge in [0, 0.05) is 13.1 Å². The first-order valence-corrected chi connectivity index (χ1v) is 8.20. The van der Waals surface area contributed by atoms with Gasteiger partial charge in [-0.2, -0.15) is 4.98 Å². The highest BCUT2D eigenvalue weighted by atomic mass is 35.5. The third-order valence-corrected chi connectivity index (χ3v) is 3.77. The molecule has 8 heteroatoms. The summed E-state index contributed by atoms with van der Waals surface area (Å²) >= 11 is 12.0. The quantitative estimate of drug-likeness (QED) is 0.552. The molecule has 2 N–H and O–H groups in total. The first-order valence-electron chi connectivity index (χ1n) is 7.44. The molecular weight excluding hydrogens is 347 g/mol. The van der Waals surface area contributed by atoms with Crippen molar-refractivity contribution >= 4 is 35.1 Å². The van der Waals surface area contributed by atoms with Crippen molar-refractivity contribution in [3.63, 3.8) is 0 Å². The molecule has 1 aromatic carbocycles. The second kappa shape index (κ2) is 9.28. The van der Waals surface area contributed by atoms with E-state index in [1.807, 2.05) is 17.1 Å². The van der Waals surface area contributed by atoms with E-state index in [4.69, 9.17) is 29.6 Å². The van der Waals surface area contributed by atoms with Gasteiger partial charge in [-0.1, -0.05) is 42.1 Å². The Bertz CT molecular complexity index is 716. The van der Waals surface area contributed by atoms with E-state index >= 15 is 0 Å². The van der Waals surface area contributed by atoms with Gasteiger partial charge in [-0.05, 0) is 24.1 Å². The predicted molar refractivity (Wildman–Crippen MR) is 97.9 cm³/mol. The van der Waals surface area contributed by atoms with Crippen molar-refractivity contribution in [2.24, 2.45) is 0 Å². The van der Waals surface area contributed by atoms with Crippen LogP contribution in [0, 0.1) is 12.3 Å². The highest BCUT2D eigenvalue weighted by Crippen LogP contribution is 2.23. The third kappa shape index (κ3) is 5.53. The molecule has 0 aliphatic carbocycles. The molecule has 0 atom stereocenters. The van der Waals surface area contributed by atoms with Gasteiger partial charge in [-0.15, -0.1) is 6.42 Å². The van der Waals surface area contributed by atoms with E-state index in [-0.39, 0.29) is 0 Å². The van der Waals surface area contributed by atoms with Gasteiger partial charge in [-0.3, -0.25) is 5.43 Å². The summed E-state index contributed by atoms with van der Waals surface area (Å²) in [4.78, 5) is 12.4. The Morgan fingerprint density at radius 1 is 1.21 bits per heavy atom. The first kappa shape index (κ1) is 18.3. The summed E-state index contributed by atoms with van der Waals surface area (Å²) in [5.74, 6) is 3.34. The summed E-state index contributed by atoms with van der Waals surface area (Å²) in [6, 6.07) is 5.57. The number of hydrogen-bond donors (Lipinski definition) is 2. The lowest BCUT2D eigenvalue weighted by atomic mass is 10.2. The van der Waals surface area contributed by atoms with Crippen LogP contribution < -0.4 is 10.7 Å². The highest BCUT2D eigenvalue weighted by Gasteiger charge is 2.09. The minimum absolute atomic E-state index is 0.353. The third-order valence-electron chi connectivity index (χ3n) is 3.03. The SMILES string of the molecule is C#CCNc1ncnc(NN(CCC)Cc2ccc(Cl)c(Cl)c2)n1. The molecule has 2 aromatic rings. The van der Waals surface area contributed by atoms with E-state index in [0.29, 0.717) is 35.0 Å². The number of hydrogen-bond acceptors (Lipinski definition) is 6. The maximum absolute atomic E-state index is 6.08. The smallest absolute Gasteiger partial charge is 0.242 e. The molecule has 0 aliphatic rings. The minimum Gasteiger partial charge on any atom is -0.343 e. The Labute approximate surface area is 151 Å². The van der Waals surface area contributed by atoms with E-state index < -0.39 is 0 Å². The molecule has 0 saturated carbocycles. The molecule has 0 fully saturated rings. The molecule has 6 nitrogen and oxygen atoms in total. The molecule has 0 radical (unpaired) electrons. The number of anilines is 2. The molecule has 24 heavy (non-hydrogen) atoms. The Hall–Kier alpha value is -2.07. The molecule has 0 unspecified atom stereocenters. The number of aromatic nitrogens is 3. The van der Waals surface area contributed by atoms with Crippen LogP contribution in [0.3, 0.4) is 0 Å². The summed E-state index contributed by atoms with van der Waals surface area (Å²) in [5.41, 5.74) is 4.22. The normalized spacial score (nSPS) is 10.5. The lowest BCUT2D eigenvalue weighted by Gasteiger charge is -2.22. The van der Waals surface area contributed by atoms with Crippen LogP contribution in [0.25, 0.3) is 0 Å². The van der Waals surface area contributed by atoms with Crippen molar-refractivity contribution in [3.8, 4) is 12.3 Å². The van der Waals surface area contributed by atoms with Gasteiger partial charge in [0.2, 0.25) is 11.9 Å². The highest BCUT2D eigenvalue weighted by molar-refractivity contribution is 6.42. The average molecular weight is 365 g/mol. The molecule has 0 amide bonds. The number of nitrogens with zero attached hydrogens (tertiary/aromatic N) is 4. The fourth-order valence-corrected chi connectivity index (χ4v) is 2.33. The molecule has 126 valence electrons. The zero-order valence-electron chi connectivity index (χ0n) is 13.3. The number of nitrogens with one attached hydrogen (secondary N) is 2. The zero-order chi connectivity index (χ0) is 17.4. The van der Waals surface area contributed by atoms with E-state index in [1.165, 1.54) is 6.33 Å². The molecule has 1 aromatic heterocycles. The van der Waals surface area contributed by atoms with Gasteiger partial charge in [-0.25, -0.2) is 15.0 Å². The van der Waals surface area contributed by atoms with Gasteiger partial charge >= 0.3 is 0 Å². The minimum atomic E-state index is 0.353. The molecular formula is C16H18Cl2N6. The molecule has 2 rings (SSSR count). The Kier molecular flexibility index (Phi) is 7.07. The maximum atomic E-state index is 6.08. The molecule has 1 heterocycles. The van der Waals surface area contributed by atoms with E-state index in [0.717, 1.165) is 18.5 Å². The monoisotopic (exact) mass is 364 g/mol. The van der Waals surface area contributed by atoms with Gasteiger partial charge < -0.3 is 5.32 Å². The standard InChI is InChI=1S/C16H18Cl2N6/c1-3-7-19-15-20-11-21-16(22-15)23-24(8-4-2)10-12-5-6-13(17)14(18)9-12/h1,5-6,9,11H,4,7-8,10H2,2H3,(H2,19,20,21,22,23). The second-order valence-electron chi connectivity index (χ2n) is 4.97. The van der Waals surface area contributed by atoms with Crippen molar-refractivity contribution in [3.05, 3.63) is 40.1 Å². The lowest BCUT2D eigenvalue weighted by molar-refractivity contribution is 0.319. The largest absolute Gasteiger partial charge is 0.343 e. The Balaban J connectivity index is 2.07. The molecule has 0 aliphatic heterocycles. The van der Waals surface area contributed by atoms with Crippen LogP contribution in [-0.2, 0) is 6.54 Å². The molecule has 0 saturated heterocycles. The predicted octanol–water partition coefficient (Wildman–Crippen LogP) is 3.46. The van der Waals surface area contributed by atoms with Crippen molar-refractivity contribution in [2.45, 2.75) is 19.9 Å². The van der Waals surface area contributed by atoms with E-state index in [9.17, 15) is 0 Å².